The van der Waals surface area contributed by atoms with Crippen molar-refractivity contribution in [3.05, 3.63) is 35.2 Å². The van der Waals surface area contributed by atoms with E-state index in [1.165, 1.54) is 12.1 Å². The summed E-state index contributed by atoms with van der Waals surface area (Å²) in [5.41, 5.74) is 1.49. The molecule has 5 N–H and O–H groups in total. The molecule has 3 rings (SSSR count). The van der Waals surface area contributed by atoms with Gasteiger partial charge in [-0.05, 0) is 31.4 Å². The van der Waals surface area contributed by atoms with Gasteiger partial charge in [0, 0.05) is 30.8 Å². The summed E-state index contributed by atoms with van der Waals surface area (Å²) < 4.78 is 5.37. The van der Waals surface area contributed by atoms with Crippen molar-refractivity contribution < 1.29 is 24.3 Å². The number of nitrogens with one attached hydrogen (secondary N) is 3. The van der Waals surface area contributed by atoms with E-state index in [2.05, 4.69) is 26.0 Å². The molecule has 2 heterocycles. The number of nitrogens with zero attached hydrogens (tertiary/aromatic N) is 2. The van der Waals surface area contributed by atoms with Crippen LogP contribution in [-0.2, 0) is 0 Å². The average molecular weight is 427 g/mol. The van der Waals surface area contributed by atoms with E-state index in [9.17, 15) is 19.8 Å². The van der Waals surface area contributed by atoms with E-state index in [1.54, 1.807) is 19.9 Å². The fourth-order valence-electron chi connectivity index (χ4n) is 3.19. The lowest BCUT2D eigenvalue weighted by atomic mass is 9.95. The van der Waals surface area contributed by atoms with Crippen molar-refractivity contribution in [3.63, 3.8) is 0 Å². The number of hydrogen-bond acceptors (Lipinski definition) is 7. The second-order valence-corrected chi connectivity index (χ2v) is 7.20. The third kappa shape index (κ3) is 4.23. The molecule has 10 heteroatoms. The molecule has 0 radical (unpaired) electrons. The Morgan fingerprint density at radius 2 is 1.74 bits per heavy atom. The molecule has 2 amide bonds. The highest BCUT2D eigenvalue weighted by atomic mass is 16.5. The van der Waals surface area contributed by atoms with Gasteiger partial charge < -0.3 is 25.4 Å². The summed E-state index contributed by atoms with van der Waals surface area (Å²) in [4.78, 5) is 24.7. The van der Waals surface area contributed by atoms with E-state index in [0.29, 0.717) is 24.2 Å². The number of aromatic nitrogens is 3. The van der Waals surface area contributed by atoms with Crippen LogP contribution in [0.5, 0.6) is 11.5 Å². The molecule has 164 valence electrons. The smallest absolute Gasteiger partial charge is 0.273 e. The highest BCUT2D eigenvalue weighted by Crippen LogP contribution is 2.41. The van der Waals surface area contributed by atoms with E-state index in [4.69, 9.17) is 4.52 Å². The van der Waals surface area contributed by atoms with Crippen molar-refractivity contribution in [2.75, 3.05) is 13.1 Å². The lowest BCUT2D eigenvalue weighted by Gasteiger charge is -2.12. The molecule has 1 aromatic carbocycles. The van der Waals surface area contributed by atoms with Gasteiger partial charge in [0.2, 0.25) is 0 Å². The molecule has 0 fully saturated rings. The van der Waals surface area contributed by atoms with Gasteiger partial charge in [0.05, 0.1) is 5.56 Å². The topological polar surface area (TPSA) is 153 Å². The predicted molar refractivity (Wildman–Crippen MR) is 113 cm³/mol. The minimum Gasteiger partial charge on any atom is -0.508 e. The third-order valence-corrected chi connectivity index (χ3v) is 4.68. The van der Waals surface area contributed by atoms with Crippen LogP contribution in [0.25, 0.3) is 22.6 Å². The SMILES string of the molecule is CCNC(=O)c1cc(-c2c(-c3cc(C(C)C)c(O)cc3O)n[nH]c2C(=O)NCC)on1. The normalized spacial score (nSPS) is 11.0. The van der Waals surface area contributed by atoms with Gasteiger partial charge in [-0.1, -0.05) is 19.0 Å². The molecule has 0 saturated carbocycles. The molecule has 2 aromatic heterocycles. The van der Waals surface area contributed by atoms with Gasteiger partial charge in [0.15, 0.2) is 11.5 Å². The number of carbonyl (C=O) groups is 2. The van der Waals surface area contributed by atoms with Crippen molar-refractivity contribution in [1.82, 2.24) is 26.0 Å². The van der Waals surface area contributed by atoms with Crippen LogP contribution < -0.4 is 10.6 Å². The maximum atomic E-state index is 12.6. The van der Waals surface area contributed by atoms with Gasteiger partial charge in [-0.15, -0.1) is 0 Å². The van der Waals surface area contributed by atoms with Gasteiger partial charge in [-0.25, -0.2) is 0 Å². The first-order valence-electron chi connectivity index (χ1n) is 9.96. The van der Waals surface area contributed by atoms with Gasteiger partial charge in [-0.2, -0.15) is 5.10 Å². The molecule has 10 nitrogen and oxygen atoms in total. The fraction of sp³-hybridized carbons (Fsp3) is 0.333. The molecular weight excluding hydrogens is 402 g/mol. The quantitative estimate of drug-likeness (QED) is 0.388. The number of phenolic OH excluding ortho intramolecular Hbond substituents is 2. The monoisotopic (exact) mass is 427 g/mol. The Balaban J connectivity index is 2.21. The zero-order valence-electron chi connectivity index (χ0n) is 17.7. The van der Waals surface area contributed by atoms with Crippen LogP contribution in [0.3, 0.4) is 0 Å². The van der Waals surface area contributed by atoms with Crippen LogP contribution in [0.15, 0.2) is 22.7 Å². The molecule has 31 heavy (non-hydrogen) atoms. The first kappa shape index (κ1) is 21.9. The molecule has 0 aliphatic carbocycles. The van der Waals surface area contributed by atoms with Gasteiger partial charge in [-0.3, -0.25) is 14.7 Å². The van der Waals surface area contributed by atoms with Crippen molar-refractivity contribution in [1.29, 1.82) is 0 Å². The predicted octanol–water partition coefficient (Wildman–Crippen LogP) is 2.77. The van der Waals surface area contributed by atoms with Gasteiger partial charge in [0.1, 0.15) is 22.9 Å². The molecule has 0 aliphatic rings. The number of aromatic hydroxyl groups is 2. The highest BCUT2D eigenvalue weighted by Gasteiger charge is 2.28. The van der Waals surface area contributed by atoms with Crippen molar-refractivity contribution in [2.24, 2.45) is 0 Å². The molecular formula is C21H25N5O5. The Labute approximate surface area is 178 Å². The molecule has 0 atom stereocenters. The third-order valence-electron chi connectivity index (χ3n) is 4.68. The number of hydrogen-bond donors (Lipinski definition) is 5. The zero-order valence-corrected chi connectivity index (χ0v) is 17.7. The minimum atomic E-state index is -0.436. The maximum Gasteiger partial charge on any atom is 0.273 e. The van der Waals surface area contributed by atoms with Gasteiger partial charge >= 0.3 is 0 Å². The van der Waals surface area contributed by atoms with Crippen LogP contribution in [-0.4, -0.2) is 50.5 Å². The number of amides is 2. The van der Waals surface area contributed by atoms with E-state index in [1.807, 2.05) is 13.8 Å². The van der Waals surface area contributed by atoms with E-state index >= 15 is 0 Å². The molecule has 3 aromatic rings. The van der Waals surface area contributed by atoms with E-state index in [-0.39, 0.29) is 45.8 Å². The number of aromatic amines is 1. The van der Waals surface area contributed by atoms with Crippen molar-refractivity contribution >= 4 is 11.8 Å². The Morgan fingerprint density at radius 3 is 2.39 bits per heavy atom. The number of rotatable bonds is 7. The van der Waals surface area contributed by atoms with E-state index < -0.39 is 11.8 Å². The van der Waals surface area contributed by atoms with Crippen LogP contribution in [0.2, 0.25) is 0 Å². The Bertz CT molecular complexity index is 1120. The van der Waals surface area contributed by atoms with Crippen LogP contribution in [0.4, 0.5) is 0 Å². The van der Waals surface area contributed by atoms with Crippen molar-refractivity contribution in [2.45, 2.75) is 33.6 Å². The van der Waals surface area contributed by atoms with E-state index in [0.717, 1.165) is 0 Å². The Kier molecular flexibility index (Phi) is 6.28. The van der Waals surface area contributed by atoms with Crippen LogP contribution in [0.1, 0.15) is 60.2 Å². The zero-order chi connectivity index (χ0) is 22.7. The number of H-pyrrole nitrogens is 1. The Hall–Kier alpha value is -3.82. The molecule has 0 aliphatic heterocycles. The summed E-state index contributed by atoms with van der Waals surface area (Å²) in [7, 11) is 0. The average Bonchev–Trinajstić information content (AvgIpc) is 3.35. The second-order valence-electron chi connectivity index (χ2n) is 7.20. The molecule has 0 saturated heterocycles. The second kappa shape index (κ2) is 8.90. The lowest BCUT2D eigenvalue weighted by Crippen LogP contribution is -2.23. The number of carbonyl (C=O) groups excluding carboxylic acids is 2. The maximum absolute atomic E-state index is 12.6. The minimum absolute atomic E-state index is 0.0285. The number of benzene rings is 1. The molecule has 0 spiro atoms. The summed E-state index contributed by atoms with van der Waals surface area (Å²) in [6.07, 6.45) is 0. The first-order valence-corrected chi connectivity index (χ1v) is 9.96. The highest BCUT2D eigenvalue weighted by molar-refractivity contribution is 6.03. The summed E-state index contributed by atoms with van der Waals surface area (Å²) in [6, 6.07) is 4.25. The summed E-state index contributed by atoms with van der Waals surface area (Å²) in [5.74, 6) is -1.02. The van der Waals surface area contributed by atoms with Crippen LogP contribution in [0, 0.1) is 0 Å². The summed E-state index contributed by atoms with van der Waals surface area (Å²) in [6.45, 7) is 8.15. The number of phenols is 2. The van der Waals surface area contributed by atoms with Crippen LogP contribution >= 0.6 is 0 Å². The standard InChI is InChI=1S/C21H25N5O5/c1-5-22-20(29)13-8-16(31-26-13)17-18(24-25-19(17)21(30)23-6-2)12-7-11(10(3)4)14(27)9-15(12)28/h7-10,27-28H,5-6H2,1-4H3,(H,22,29)(H,23,30)(H,24,25). The summed E-state index contributed by atoms with van der Waals surface area (Å²) in [5, 5.41) is 36.7. The lowest BCUT2D eigenvalue weighted by molar-refractivity contribution is 0.0940. The summed E-state index contributed by atoms with van der Waals surface area (Å²) >= 11 is 0. The van der Waals surface area contributed by atoms with Crippen molar-refractivity contribution in [3.8, 4) is 34.1 Å². The molecule has 0 unspecified atom stereocenters. The van der Waals surface area contributed by atoms with Gasteiger partial charge in [0.25, 0.3) is 11.8 Å². The Morgan fingerprint density at radius 1 is 1.06 bits per heavy atom. The first-order chi connectivity index (χ1) is 14.8. The fourth-order valence-corrected chi connectivity index (χ4v) is 3.19. The molecule has 0 bridgehead atoms. The largest absolute Gasteiger partial charge is 0.508 e.